The van der Waals surface area contributed by atoms with E-state index in [4.69, 9.17) is 22.1 Å². The number of benzene rings is 1. The number of hydrogen-bond acceptors (Lipinski definition) is 9. The number of carbonyl (C=O) groups excluding carboxylic acids is 2. The molecule has 0 aliphatic carbocycles. The van der Waals surface area contributed by atoms with Gasteiger partial charge in [-0.05, 0) is 43.7 Å². The van der Waals surface area contributed by atoms with Crippen molar-refractivity contribution in [2.75, 3.05) is 16.4 Å². The number of thiophene rings is 1. The third-order valence-corrected chi connectivity index (χ3v) is 5.39. The second kappa shape index (κ2) is 9.06. The summed E-state index contributed by atoms with van der Waals surface area (Å²) in [5, 5.41) is 6.69. The van der Waals surface area contributed by atoms with Crippen molar-refractivity contribution >= 4 is 57.4 Å². The molecule has 0 saturated heterocycles. The zero-order valence-corrected chi connectivity index (χ0v) is 18.0. The quantitative estimate of drug-likeness (QED) is 0.486. The summed E-state index contributed by atoms with van der Waals surface area (Å²) in [6.07, 6.45) is 0. The Balaban J connectivity index is 1.74. The Kier molecular flexibility index (Phi) is 6.48. The maximum absolute atomic E-state index is 12.6. The van der Waals surface area contributed by atoms with Crippen LogP contribution < -0.4 is 16.4 Å². The molecule has 3 aromatic rings. The number of amides is 1. The first-order valence-corrected chi connectivity index (χ1v) is 10.00. The van der Waals surface area contributed by atoms with Gasteiger partial charge in [-0.2, -0.15) is 15.0 Å². The minimum atomic E-state index is -0.591. The average molecular weight is 447 g/mol. The minimum Gasteiger partial charge on any atom is -0.454 e. The molecule has 0 unspecified atom stereocenters. The lowest BCUT2D eigenvalue weighted by atomic mass is 10.1. The van der Waals surface area contributed by atoms with Gasteiger partial charge < -0.3 is 21.1 Å². The smallest absolute Gasteiger partial charge is 0.341 e. The highest BCUT2D eigenvalue weighted by molar-refractivity contribution is 7.16. The van der Waals surface area contributed by atoms with E-state index in [-0.39, 0.29) is 30.2 Å². The number of hydrogen-bond donors (Lipinski definition) is 3. The maximum atomic E-state index is 12.6. The topological polar surface area (TPSA) is 132 Å². The summed E-state index contributed by atoms with van der Waals surface area (Å²) >= 11 is 7.19. The Morgan fingerprint density at radius 3 is 2.53 bits per heavy atom. The first-order valence-electron chi connectivity index (χ1n) is 8.80. The van der Waals surface area contributed by atoms with Gasteiger partial charge in [0.2, 0.25) is 17.8 Å². The number of nitrogen functional groups attached to an aromatic ring is 1. The summed E-state index contributed by atoms with van der Waals surface area (Å²) < 4.78 is 5.37. The molecule has 11 heteroatoms. The Labute approximate surface area is 181 Å². The SMILES string of the molecule is CC(=O)Nc1sc(C)c(C)c1C(=O)OCc1nc(N)nc(Nc2ccc(Cl)cc2)n1. The second-order valence-electron chi connectivity index (χ2n) is 6.31. The number of aromatic nitrogens is 3. The Morgan fingerprint density at radius 1 is 1.17 bits per heavy atom. The van der Waals surface area contributed by atoms with Gasteiger partial charge in [-0.15, -0.1) is 11.3 Å². The maximum Gasteiger partial charge on any atom is 0.341 e. The predicted molar refractivity (Wildman–Crippen MR) is 116 cm³/mol. The van der Waals surface area contributed by atoms with Crippen molar-refractivity contribution in [3.05, 3.63) is 51.1 Å². The summed E-state index contributed by atoms with van der Waals surface area (Å²) in [5.41, 5.74) is 7.52. The zero-order valence-electron chi connectivity index (χ0n) is 16.4. The third-order valence-electron chi connectivity index (χ3n) is 4.01. The van der Waals surface area contributed by atoms with E-state index in [0.29, 0.717) is 21.3 Å². The first-order chi connectivity index (χ1) is 14.2. The molecule has 3 rings (SSSR count). The molecule has 0 spiro atoms. The number of rotatable bonds is 6. The van der Waals surface area contributed by atoms with Crippen molar-refractivity contribution in [3.63, 3.8) is 0 Å². The van der Waals surface area contributed by atoms with Gasteiger partial charge in [-0.1, -0.05) is 11.6 Å². The number of esters is 1. The molecule has 9 nitrogen and oxygen atoms in total. The molecule has 0 atom stereocenters. The molecule has 156 valence electrons. The van der Waals surface area contributed by atoms with Gasteiger partial charge in [0, 0.05) is 22.5 Å². The Hall–Kier alpha value is -3.24. The van der Waals surface area contributed by atoms with Gasteiger partial charge in [-0.3, -0.25) is 4.79 Å². The van der Waals surface area contributed by atoms with Crippen molar-refractivity contribution in [1.29, 1.82) is 0 Å². The summed E-state index contributed by atoms with van der Waals surface area (Å²) in [5.74, 6) is -0.496. The highest BCUT2D eigenvalue weighted by atomic mass is 35.5. The molecule has 0 radical (unpaired) electrons. The van der Waals surface area contributed by atoms with Gasteiger partial charge in [0.15, 0.2) is 12.4 Å². The molecule has 2 aromatic heterocycles. The number of halogens is 1. The van der Waals surface area contributed by atoms with Crippen LogP contribution in [0.1, 0.15) is 33.5 Å². The fourth-order valence-electron chi connectivity index (χ4n) is 2.54. The standard InChI is InChI=1S/C19H19ClN6O3S/c1-9-10(2)30-16(22-11(3)27)15(9)17(28)29-8-14-24-18(21)26-19(25-14)23-13-6-4-12(20)5-7-13/h4-7H,8H2,1-3H3,(H,22,27)(H3,21,23,24,25,26). The van der Waals surface area contributed by atoms with E-state index in [2.05, 4.69) is 25.6 Å². The van der Waals surface area contributed by atoms with Crippen molar-refractivity contribution in [1.82, 2.24) is 15.0 Å². The van der Waals surface area contributed by atoms with Crippen LogP contribution >= 0.6 is 22.9 Å². The van der Waals surface area contributed by atoms with Gasteiger partial charge in [-0.25, -0.2) is 4.79 Å². The molecule has 0 bridgehead atoms. The number of nitrogens with one attached hydrogen (secondary N) is 2. The van der Waals surface area contributed by atoms with E-state index < -0.39 is 5.97 Å². The molecule has 0 aliphatic heterocycles. The molecule has 30 heavy (non-hydrogen) atoms. The fraction of sp³-hybridized carbons (Fsp3) is 0.211. The Morgan fingerprint density at radius 2 is 1.87 bits per heavy atom. The predicted octanol–water partition coefficient (Wildman–Crippen LogP) is 3.84. The molecular weight excluding hydrogens is 428 g/mol. The lowest BCUT2D eigenvalue weighted by Crippen LogP contribution is -2.14. The van der Waals surface area contributed by atoms with E-state index in [9.17, 15) is 9.59 Å². The Bertz CT molecular complexity index is 1100. The second-order valence-corrected chi connectivity index (χ2v) is 7.97. The monoisotopic (exact) mass is 446 g/mol. The minimum absolute atomic E-state index is 0.0194. The lowest BCUT2D eigenvalue weighted by molar-refractivity contribution is -0.114. The highest BCUT2D eigenvalue weighted by Crippen LogP contribution is 2.33. The lowest BCUT2D eigenvalue weighted by Gasteiger charge is -2.09. The van der Waals surface area contributed by atoms with Crippen molar-refractivity contribution < 1.29 is 14.3 Å². The number of nitrogens with zero attached hydrogens (tertiary/aromatic N) is 3. The molecule has 2 heterocycles. The van der Waals surface area contributed by atoms with Gasteiger partial charge in [0.25, 0.3) is 0 Å². The summed E-state index contributed by atoms with van der Waals surface area (Å²) in [7, 11) is 0. The van der Waals surface area contributed by atoms with Crippen LogP contribution in [0.3, 0.4) is 0 Å². The summed E-state index contributed by atoms with van der Waals surface area (Å²) in [6.45, 7) is 4.82. The van der Waals surface area contributed by atoms with E-state index in [1.54, 1.807) is 31.2 Å². The number of ether oxygens (including phenoxy) is 1. The summed E-state index contributed by atoms with van der Waals surface area (Å²) in [4.78, 5) is 37.2. The summed E-state index contributed by atoms with van der Waals surface area (Å²) in [6, 6.07) is 6.95. The van der Waals surface area contributed by atoms with Gasteiger partial charge in [0.05, 0.1) is 5.56 Å². The van der Waals surface area contributed by atoms with Crippen LogP contribution in [-0.4, -0.2) is 26.8 Å². The van der Waals surface area contributed by atoms with E-state index in [0.717, 1.165) is 10.4 Å². The molecular formula is C19H19ClN6O3S. The van der Waals surface area contributed by atoms with Crippen LogP contribution in [0.25, 0.3) is 0 Å². The van der Waals surface area contributed by atoms with Gasteiger partial charge >= 0.3 is 5.97 Å². The first kappa shape index (κ1) is 21.5. The van der Waals surface area contributed by atoms with Gasteiger partial charge in [0.1, 0.15) is 5.00 Å². The molecule has 0 aliphatic rings. The average Bonchev–Trinajstić information content (AvgIpc) is 2.94. The van der Waals surface area contributed by atoms with Crippen molar-refractivity contribution in [2.24, 2.45) is 0 Å². The molecule has 1 amide bonds. The van der Waals surface area contributed by atoms with E-state index >= 15 is 0 Å². The van der Waals surface area contributed by atoms with Crippen LogP contribution in [0.4, 0.5) is 22.6 Å². The number of anilines is 4. The van der Waals surface area contributed by atoms with Crippen LogP contribution in [0.5, 0.6) is 0 Å². The molecule has 0 saturated carbocycles. The zero-order chi connectivity index (χ0) is 21.8. The molecule has 1 aromatic carbocycles. The number of carbonyl (C=O) groups is 2. The molecule has 4 N–H and O–H groups in total. The number of nitrogens with two attached hydrogens (primary N) is 1. The van der Waals surface area contributed by atoms with Crippen LogP contribution in [0, 0.1) is 13.8 Å². The van der Waals surface area contributed by atoms with Crippen molar-refractivity contribution in [2.45, 2.75) is 27.4 Å². The largest absolute Gasteiger partial charge is 0.454 e. The number of aryl methyl sites for hydroxylation is 1. The molecule has 0 fully saturated rings. The van der Waals surface area contributed by atoms with Crippen molar-refractivity contribution in [3.8, 4) is 0 Å². The van der Waals surface area contributed by atoms with E-state index in [1.165, 1.54) is 18.3 Å². The fourth-order valence-corrected chi connectivity index (χ4v) is 3.76. The van der Waals surface area contributed by atoms with Crippen LogP contribution in [0.15, 0.2) is 24.3 Å². The highest BCUT2D eigenvalue weighted by Gasteiger charge is 2.22. The third kappa shape index (κ3) is 5.22. The van der Waals surface area contributed by atoms with Crippen LogP contribution in [0.2, 0.25) is 5.02 Å². The normalized spacial score (nSPS) is 10.5. The van der Waals surface area contributed by atoms with E-state index in [1.807, 2.05) is 6.92 Å². The van der Waals surface area contributed by atoms with Crippen LogP contribution in [-0.2, 0) is 16.1 Å².